The molecule has 0 saturated carbocycles. The molecule has 0 atom stereocenters. The maximum Gasteiger partial charge on any atom is 0.165 e. The number of hydrogen-bond donors (Lipinski definition) is 1. The van der Waals surface area contributed by atoms with Crippen LogP contribution in [0.2, 0.25) is 5.02 Å². The molecule has 2 rings (SSSR count). The zero-order valence-corrected chi connectivity index (χ0v) is 9.99. The van der Waals surface area contributed by atoms with Gasteiger partial charge in [0.15, 0.2) is 11.6 Å². The van der Waals surface area contributed by atoms with Crippen LogP contribution < -0.4 is 5.32 Å². The summed E-state index contributed by atoms with van der Waals surface area (Å²) in [6, 6.07) is 7.60. The van der Waals surface area contributed by atoms with E-state index in [1.165, 1.54) is 0 Å². The van der Waals surface area contributed by atoms with Crippen LogP contribution in [0.5, 0.6) is 0 Å². The van der Waals surface area contributed by atoms with Gasteiger partial charge in [0, 0.05) is 17.6 Å². The molecule has 1 N–H and O–H groups in total. The Bertz CT molecular complexity index is 492. The Hall–Kier alpha value is -1.39. The molecular formula is C11H13ClN4. The largest absolute Gasteiger partial charge is 0.313 e. The summed E-state index contributed by atoms with van der Waals surface area (Å²) in [6.45, 7) is 0.661. The van der Waals surface area contributed by atoms with Crippen molar-refractivity contribution in [1.82, 2.24) is 20.1 Å². The Morgan fingerprint density at radius 3 is 2.94 bits per heavy atom. The third-order valence-corrected chi connectivity index (χ3v) is 2.46. The summed E-state index contributed by atoms with van der Waals surface area (Å²) in [6.07, 6.45) is 0. The van der Waals surface area contributed by atoms with Crippen LogP contribution >= 0.6 is 11.6 Å². The molecule has 1 aromatic carbocycles. The van der Waals surface area contributed by atoms with E-state index in [9.17, 15) is 0 Å². The number of rotatable bonds is 3. The maximum absolute atomic E-state index is 5.95. The van der Waals surface area contributed by atoms with Crippen LogP contribution in [-0.2, 0) is 13.6 Å². The summed E-state index contributed by atoms with van der Waals surface area (Å²) in [5.41, 5.74) is 0.977. The van der Waals surface area contributed by atoms with Crippen LogP contribution in [0.1, 0.15) is 5.82 Å². The second-order valence-corrected chi connectivity index (χ2v) is 3.95. The van der Waals surface area contributed by atoms with Gasteiger partial charge in [0.1, 0.15) is 0 Å². The molecule has 0 saturated heterocycles. The van der Waals surface area contributed by atoms with Gasteiger partial charge in [-0.15, -0.1) is 0 Å². The first-order valence-corrected chi connectivity index (χ1v) is 5.39. The first-order chi connectivity index (χ1) is 7.70. The molecule has 2 aromatic rings. The van der Waals surface area contributed by atoms with Crippen LogP contribution in [-0.4, -0.2) is 21.8 Å². The van der Waals surface area contributed by atoms with Crippen molar-refractivity contribution in [3.05, 3.63) is 35.1 Å². The van der Waals surface area contributed by atoms with Crippen LogP contribution in [0.15, 0.2) is 24.3 Å². The fraction of sp³-hybridized carbons (Fsp3) is 0.273. The van der Waals surface area contributed by atoms with Crippen LogP contribution in [0.25, 0.3) is 11.4 Å². The Labute approximate surface area is 99.3 Å². The minimum Gasteiger partial charge on any atom is -0.313 e. The average Bonchev–Trinajstić information content (AvgIpc) is 2.60. The van der Waals surface area contributed by atoms with E-state index in [2.05, 4.69) is 15.4 Å². The van der Waals surface area contributed by atoms with E-state index in [1.807, 2.05) is 38.4 Å². The molecule has 4 nitrogen and oxygen atoms in total. The molecule has 1 aromatic heterocycles. The van der Waals surface area contributed by atoms with Crippen LogP contribution in [0, 0.1) is 0 Å². The lowest BCUT2D eigenvalue weighted by Gasteiger charge is -1.99. The molecule has 0 aliphatic carbocycles. The van der Waals surface area contributed by atoms with Gasteiger partial charge in [0.25, 0.3) is 0 Å². The average molecular weight is 237 g/mol. The lowest BCUT2D eigenvalue weighted by molar-refractivity contribution is 0.711. The Morgan fingerprint density at radius 2 is 2.25 bits per heavy atom. The van der Waals surface area contributed by atoms with Gasteiger partial charge in [0.05, 0.1) is 6.54 Å². The summed E-state index contributed by atoms with van der Waals surface area (Å²) < 4.78 is 1.76. The summed E-state index contributed by atoms with van der Waals surface area (Å²) in [5, 5.41) is 8.03. The van der Waals surface area contributed by atoms with Gasteiger partial charge in [-0.1, -0.05) is 23.7 Å². The smallest absolute Gasteiger partial charge is 0.165 e. The molecule has 16 heavy (non-hydrogen) atoms. The lowest BCUT2D eigenvalue weighted by Crippen LogP contribution is -2.06. The number of hydrogen-bond acceptors (Lipinski definition) is 3. The summed E-state index contributed by atoms with van der Waals surface area (Å²) in [5.74, 6) is 1.60. The number of aromatic nitrogens is 3. The van der Waals surface area contributed by atoms with Crippen LogP contribution in [0.4, 0.5) is 0 Å². The molecule has 0 amide bonds. The van der Waals surface area contributed by atoms with Crippen molar-refractivity contribution in [2.24, 2.45) is 7.05 Å². The first kappa shape index (κ1) is 11.1. The van der Waals surface area contributed by atoms with Gasteiger partial charge in [-0.3, -0.25) is 0 Å². The van der Waals surface area contributed by atoms with Gasteiger partial charge >= 0.3 is 0 Å². The number of nitrogens with one attached hydrogen (secondary N) is 1. The van der Waals surface area contributed by atoms with Gasteiger partial charge in [0.2, 0.25) is 0 Å². The fourth-order valence-electron chi connectivity index (χ4n) is 1.55. The third-order valence-electron chi connectivity index (χ3n) is 2.22. The molecule has 1 heterocycles. The Morgan fingerprint density at radius 1 is 1.44 bits per heavy atom. The van der Waals surface area contributed by atoms with E-state index in [0.29, 0.717) is 11.6 Å². The van der Waals surface area contributed by atoms with Gasteiger partial charge in [-0.2, -0.15) is 5.10 Å². The highest BCUT2D eigenvalue weighted by molar-refractivity contribution is 6.30. The molecule has 0 fully saturated rings. The molecule has 5 heteroatoms. The third kappa shape index (κ3) is 2.23. The lowest BCUT2D eigenvalue weighted by atomic mass is 10.2. The van der Waals surface area contributed by atoms with Crippen molar-refractivity contribution in [2.45, 2.75) is 6.54 Å². The van der Waals surface area contributed by atoms with E-state index in [-0.39, 0.29) is 0 Å². The van der Waals surface area contributed by atoms with E-state index in [0.717, 1.165) is 17.2 Å². The maximum atomic E-state index is 5.95. The second kappa shape index (κ2) is 4.63. The Balaban J connectivity index is 2.40. The topological polar surface area (TPSA) is 42.7 Å². The highest BCUT2D eigenvalue weighted by Crippen LogP contribution is 2.20. The van der Waals surface area contributed by atoms with E-state index >= 15 is 0 Å². The SMILES string of the molecule is CNCc1nc(-c2cccc(Cl)c2)n(C)n1. The molecule has 0 bridgehead atoms. The normalized spacial score (nSPS) is 10.7. The molecule has 0 aliphatic heterocycles. The molecular weight excluding hydrogens is 224 g/mol. The molecule has 0 spiro atoms. The predicted molar refractivity (Wildman–Crippen MR) is 64.2 cm³/mol. The highest BCUT2D eigenvalue weighted by Gasteiger charge is 2.08. The summed E-state index contributed by atoms with van der Waals surface area (Å²) in [4.78, 5) is 4.44. The molecule has 0 unspecified atom stereocenters. The number of halogens is 1. The van der Waals surface area contributed by atoms with Crippen molar-refractivity contribution < 1.29 is 0 Å². The summed E-state index contributed by atoms with van der Waals surface area (Å²) >= 11 is 5.95. The minimum atomic E-state index is 0.661. The number of benzene rings is 1. The minimum absolute atomic E-state index is 0.661. The van der Waals surface area contributed by atoms with E-state index < -0.39 is 0 Å². The summed E-state index contributed by atoms with van der Waals surface area (Å²) in [7, 11) is 3.75. The first-order valence-electron chi connectivity index (χ1n) is 5.01. The zero-order chi connectivity index (χ0) is 11.5. The van der Waals surface area contributed by atoms with Crippen LogP contribution in [0.3, 0.4) is 0 Å². The molecule has 0 aliphatic rings. The number of nitrogens with zero attached hydrogens (tertiary/aromatic N) is 3. The quantitative estimate of drug-likeness (QED) is 0.885. The van der Waals surface area contributed by atoms with Gasteiger partial charge in [-0.25, -0.2) is 9.67 Å². The zero-order valence-electron chi connectivity index (χ0n) is 9.24. The predicted octanol–water partition coefficient (Wildman–Crippen LogP) is 1.85. The van der Waals surface area contributed by atoms with E-state index in [4.69, 9.17) is 11.6 Å². The van der Waals surface area contributed by atoms with Crippen molar-refractivity contribution >= 4 is 11.6 Å². The van der Waals surface area contributed by atoms with Crippen molar-refractivity contribution in [2.75, 3.05) is 7.05 Å². The van der Waals surface area contributed by atoms with Gasteiger partial charge < -0.3 is 5.32 Å². The van der Waals surface area contributed by atoms with E-state index in [1.54, 1.807) is 4.68 Å². The fourth-order valence-corrected chi connectivity index (χ4v) is 1.74. The number of aryl methyl sites for hydroxylation is 1. The Kier molecular flexibility index (Phi) is 3.22. The molecule has 0 radical (unpaired) electrons. The van der Waals surface area contributed by atoms with Crippen molar-refractivity contribution in [1.29, 1.82) is 0 Å². The second-order valence-electron chi connectivity index (χ2n) is 3.52. The standard InChI is InChI=1S/C11H13ClN4/c1-13-7-10-14-11(16(2)15-10)8-4-3-5-9(12)6-8/h3-6,13H,7H2,1-2H3. The highest BCUT2D eigenvalue weighted by atomic mass is 35.5. The monoisotopic (exact) mass is 236 g/mol. The van der Waals surface area contributed by atoms with Crippen molar-refractivity contribution in [3.63, 3.8) is 0 Å². The van der Waals surface area contributed by atoms with Crippen molar-refractivity contribution in [3.8, 4) is 11.4 Å². The van der Waals surface area contributed by atoms with Gasteiger partial charge in [-0.05, 0) is 19.2 Å². The molecule has 84 valence electrons.